The molecule has 0 aliphatic heterocycles. The smallest absolute Gasteiger partial charge is 0.193 e. The number of hydrogen-bond acceptors (Lipinski definition) is 2. The third kappa shape index (κ3) is 5.90. The van der Waals surface area contributed by atoms with Gasteiger partial charge in [0.2, 0.25) is 0 Å². The normalized spacial score (nSPS) is 15.1. The second kappa shape index (κ2) is 10.7. The van der Waals surface area contributed by atoms with E-state index in [2.05, 4.69) is 42.9 Å². The van der Waals surface area contributed by atoms with E-state index in [1.807, 2.05) is 18.2 Å². The lowest BCUT2D eigenvalue weighted by atomic mass is 9.95. The third-order valence-corrected chi connectivity index (χ3v) is 4.66. The van der Waals surface area contributed by atoms with Crippen LogP contribution >= 0.6 is 24.0 Å². The Hall–Kier alpha value is -1.24. The highest BCUT2D eigenvalue weighted by atomic mass is 127. The number of guanidine groups is 1. The quantitative estimate of drug-likeness (QED) is 0.199. The zero-order valence-corrected chi connectivity index (χ0v) is 18.1. The van der Waals surface area contributed by atoms with Gasteiger partial charge in [0.1, 0.15) is 5.75 Å². The standard InChI is InChI=1S/C20H31N3O.HI/c1-5-7-10-15-23(3)19(21-6-2)22-16-20(13-14-20)17-11-8-9-12-18(17)24-4;/h5,8-9,11-12H,1,6-7,10,13-16H2,2-4H3,(H,21,22);1H. The van der Waals surface area contributed by atoms with Crippen molar-refractivity contribution >= 4 is 29.9 Å². The van der Waals surface area contributed by atoms with Crippen LogP contribution in [0.25, 0.3) is 0 Å². The number of allylic oxidation sites excluding steroid dienone is 1. The zero-order chi connectivity index (χ0) is 17.4. The summed E-state index contributed by atoms with van der Waals surface area (Å²) in [6.45, 7) is 8.57. The summed E-state index contributed by atoms with van der Waals surface area (Å²) >= 11 is 0. The van der Waals surface area contributed by atoms with Gasteiger partial charge in [0.25, 0.3) is 0 Å². The van der Waals surface area contributed by atoms with Crippen molar-refractivity contribution in [2.45, 2.75) is 38.0 Å². The summed E-state index contributed by atoms with van der Waals surface area (Å²) < 4.78 is 5.56. The second-order valence-electron chi connectivity index (χ2n) is 6.50. The number of para-hydroxylation sites is 1. The van der Waals surface area contributed by atoms with Crippen LogP contribution in [0.2, 0.25) is 0 Å². The second-order valence-corrected chi connectivity index (χ2v) is 6.50. The predicted molar refractivity (Wildman–Crippen MR) is 117 cm³/mol. The highest BCUT2D eigenvalue weighted by molar-refractivity contribution is 14.0. The number of unbranched alkanes of at least 4 members (excludes halogenated alkanes) is 1. The predicted octanol–water partition coefficient (Wildman–Crippen LogP) is 4.21. The maximum Gasteiger partial charge on any atom is 0.193 e. The van der Waals surface area contributed by atoms with Crippen LogP contribution in [0.15, 0.2) is 41.9 Å². The van der Waals surface area contributed by atoms with Crippen molar-refractivity contribution in [1.82, 2.24) is 10.2 Å². The van der Waals surface area contributed by atoms with Crippen LogP contribution in [0, 0.1) is 0 Å². The Balaban J connectivity index is 0.00000312. The number of benzene rings is 1. The first-order valence-corrected chi connectivity index (χ1v) is 8.90. The lowest BCUT2D eigenvalue weighted by molar-refractivity contribution is 0.404. The Morgan fingerprint density at radius 2 is 2.12 bits per heavy atom. The van der Waals surface area contributed by atoms with E-state index in [4.69, 9.17) is 9.73 Å². The SMILES string of the molecule is C=CCCCN(C)C(=NCC1(c2ccccc2OC)CC1)NCC.I. The van der Waals surface area contributed by atoms with Gasteiger partial charge in [-0.3, -0.25) is 4.99 Å². The van der Waals surface area contributed by atoms with Gasteiger partial charge in [-0.2, -0.15) is 0 Å². The summed E-state index contributed by atoms with van der Waals surface area (Å²) in [5.41, 5.74) is 1.44. The molecule has 0 radical (unpaired) electrons. The van der Waals surface area contributed by atoms with Crippen molar-refractivity contribution < 1.29 is 4.74 Å². The molecule has 1 aromatic carbocycles. The molecular formula is C20H32IN3O. The van der Waals surface area contributed by atoms with Gasteiger partial charge in [-0.25, -0.2) is 0 Å². The van der Waals surface area contributed by atoms with Crippen molar-refractivity contribution in [2.75, 3.05) is 33.8 Å². The molecule has 25 heavy (non-hydrogen) atoms. The third-order valence-electron chi connectivity index (χ3n) is 4.66. The first-order valence-electron chi connectivity index (χ1n) is 8.90. The van der Waals surface area contributed by atoms with Crippen LogP contribution in [0.1, 0.15) is 38.2 Å². The monoisotopic (exact) mass is 457 g/mol. The molecule has 0 heterocycles. The minimum Gasteiger partial charge on any atom is -0.496 e. The van der Waals surface area contributed by atoms with Crippen LogP contribution in [0.3, 0.4) is 0 Å². The largest absolute Gasteiger partial charge is 0.496 e. The minimum absolute atomic E-state index is 0. The van der Waals surface area contributed by atoms with Gasteiger partial charge in [-0.05, 0) is 38.7 Å². The number of nitrogens with one attached hydrogen (secondary N) is 1. The van der Waals surface area contributed by atoms with Gasteiger partial charge in [-0.1, -0.05) is 24.3 Å². The highest BCUT2D eigenvalue weighted by Crippen LogP contribution is 2.51. The van der Waals surface area contributed by atoms with Crippen molar-refractivity contribution in [3.05, 3.63) is 42.5 Å². The van der Waals surface area contributed by atoms with Gasteiger partial charge >= 0.3 is 0 Å². The highest BCUT2D eigenvalue weighted by Gasteiger charge is 2.46. The summed E-state index contributed by atoms with van der Waals surface area (Å²) in [4.78, 5) is 7.14. The molecule has 0 spiro atoms. The molecule has 0 amide bonds. The maximum absolute atomic E-state index is 5.56. The molecule has 1 aromatic rings. The van der Waals surface area contributed by atoms with E-state index < -0.39 is 0 Å². The molecule has 5 heteroatoms. The van der Waals surface area contributed by atoms with Crippen molar-refractivity contribution in [3.8, 4) is 5.75 Å². The molecule has 0 saturated heterocycles. The van der Waals surface area contributed by atoms with Crippen molar-refractivity contribution in [2.24, 2.45) is 4.99 Å². The van der Waals surface area contributed by atoms with E-state index in [-0.39, 0.29) is 29.4 Å². The minimum atomic E-state index is 0. The van der Waals surface area contributed by atoms with Crippen molar-refractivity contribution in [3.63, 3.8) is 0 Å². The molecule has 0 bridgehead atoms. The average Bonchev–Trinajstić information content (AvgIpc) is 3.39. The number of ether oxygens (including phenoxy) is 1. The lowest BCUT2D eigenvalue weighted by Crippen LogP contribution is -2.40. The topological polar surface area (TPSA) is 36.9 Å². The lowest BCUT2D eigenvalue weighted by Gasteiger charge is -2.23. The molecule has 1 aliphatic rings. The van der Waals surface area contributed by atoms with E-state index >= 15 is 0 Å². The van der Waals surface area contributed by atoms with Crippen LogP contribution in [-0.2, 0) is 5.41 Å². The molecule has 2 rings (SSSR count). The fraction of sp³-hybridized carbons (Fsp3) is 0.550. The van der Waals surface area contributed by atoms with Gasteiger partial charge in [0.05, 0.1) is 13.7 Å². The molecule has 1 N–H and O–H groups in total. The van der Waals surface area contributed by atoms with E-state index in [9.17, 15) is 0 Å². The van der Waals surface area contributed by atoms with E-state index in [0.29, 0.717) is 0 Å². The summed E-state index contributed by atoms with van der Waals surface area (Å²) in [5.74, 6) is 1.97. The molecular weight excluding hydrogens is 425 g/mol. The summed E-state index contributed by atoms with van der Waals surface area (Å²) in [5, 5.41) is 3.41. The summed E-state index contributed by atoms with van der Waals surface area (Å²) in [7, 11) is 3.85. The van der Waals surface area contributed by atoms with E-state index in [1.165, 1.54) is 18.4 Å². The van der Waals surface area contributed by atoms with Gasteiger partial charge in [0.15, 0.2) is 5.96 Å². The van der Waals surface area contributed by atoms with Gasteiger partial charge < -0.3 is 15.0 Å². The first kappa shape index (κ1) is 21.8. The Labute approximate surface area is 169 Å². The van der Waals surface area contributed by atoms with Gasteiger partial charge in [-0.15, -0.1) is 30.6 Å². The number of rotatable bonds is 9. The molecule has 1 saturated carbocycles. The molecule has 1 aliphatic carbocycles. The number of nitrogens with zero attached hydrogens (tertiary/aromatic N) is 2. The molecule has 0 aromatic heterocycles. The molecule has 1 fully saturated rings. The first-order chi connectivity index (χ1) is 11.7. The number of hydrogen-bond donors (Lipinski definition) is 1. The summed E-state index contributed by atoms with van der Waals surface area (Å²) in [6.07, 6.45) is 6.46. The number of aliphatic imine (C=N–C) groups is 1. The molecule has 140 valence electrons. The van der Waals surface area contributed by atoms with Crippen LogP contribution < -0.4 is 10.1 Å². The Morgan fingerprint density at radius 1 is 1.40 bits per heavy atom. The van der Waals surface area contributed by atoms with Crippen LogP contribution in [0.4, 0.5) is 0 Å². The van der Waals surface area contributed by atoms with Crippen molar-refractivity contribution in [1.29, 1.82) is 0 Å². The van der Waals surface area contributed by atoms with Crippen LogP contribution in [-0.4, -0.2) is 44.7 Å². The van der Waals surface area contributed by atoms with Crippen LogP contribution in [0.5, 0.6) is 5.75 Å². The van der Waals surface area contributed by atoms with E-state index in [1.54, 1.807) is 7.11 Å². The average molecular weight is 457 g/mol. The molecule has 4 nitrogen and oxygen atoms in total. The molecule has 0 atom stereocenters. The molecule has 0 unspecified atom stereocenters. The Bertz CT molecular complexity index is 570. The van der Waals surface area contributed by atoms with E-state index in [0.717, 1.165) is 44.2 Å². The number of methoxy groups -OCH3 is 1. The zero-order valence-electron chi connectivity index (χ0n) is 15.8. The van der Waals surface area contributed by atoms with Gasteiger partial charge in [0, 0.05) is 31.1 Å². The number of halogens is 1. The fourth-order valence-electron chi connectivity index (χ4n) is 3.02. The Kier molecular flexibility index (Phi) is 9.32. The Morgan fingerprint density at radius 3 is 2.72 bits per heavy atom. The maximum atomic E-state index is 5.56. The fourth-order valence-corrected chi connectivity index (χ4v) is 3.02. The summed E-state index contributed by atoms with van der Waals surface area (Å²) in [6, 6.07) is 8.35.